The highest BCUT2D eigenvalue weighted by Crippen LogP contribution is 2.25. The zero-order chi connectivity index (χ0) is 14.0. The minimum atomic E-state index is -0.331. The van der Waals surface area contributed by atoms with Gasteiger partial charge >= 0.3 is 0 Å². The van der Waals surface area contributed by atoms with Crippen molar-refractivity contribution in [1.82, 2.24) is 14.9 Å². The Morgan fingerprint density at radius 1 is 1.58 bits per heavy atom. The number of aromatic nitrogens is 2. The molecule has 0 fully saturated rings. The molecule has 0 saturated carbocycles. The molecule has 1 unspecified atom stereocenters. The summed E-state index contributed by atoms with van der Waals surface area (Å²) in [5.74, 6) is 0.236. The van der Waals surface area contributed by atoms with E-state index in [-0.39, 0.29) is 17.1 Å². The van der Waals surface area contributed by atoms with Crippen molar-refractivity contribution in [2.75, 3.05) is 7.05 Å². The molecule has 6 heteroatoms. The third kappa shape index (κ3) is 2.87. The van der Waals surface area contributed by atoms with Gasteiger partial charge in [0.1, 0.15) is 11.6 Å². The number of hydrogen-bond acceptors (Lipinski definition) is 2. The van der Waals surface area contributed by atoms with Crippen molar-refractivity contribution in [3.05, 3.63) is 29.8 Å². The summed E-state index contributed by atoms with van der Waals surface area (Å²) in [6.07, 6.45) is 0.301. The number of rotatable bonds is 4. The summed E-state index contributed by atoms with van der Waals surface area (Å²) in [5, 5.41) is 2.25. The smallest absolute Gasteiger partial charge is 0.221 e. The van der Waals surface area contributed by atoms with Crippen LogP contribution in [0, 0.1) is 5.82 Å². The number of carbonyl (C=O) groups excluding carboxylic acids is 1. The molecule has 1 aromatic heterocycles. The third-order valence-electron chi connectivity index (χ3n) is 2.94. The number of fused-ring (bicyclic) bond motifs is 1. The Balaban J connectivity index is 2.45. The van der Waals surface area contributed by atoms with Gasteiger partial charge in [-0.05, 0) is 25.1 Å². The van der Waals surface area contributed by atoms with E-state index in [9.17, 15) is 9.18 Å². The molecule has 2 rings (SSSR count). The summed E-state index contributed by atoms with van der Waals surface area (Å²) < 4.78 is 15.1. The van der Waals surface area contributed by atoms with Gasteiger partial charge in [-0.3, -0.25) is 4.79 Å². The van der Waals surface area contributed by atoms with Gasteiger partial charge in [0, 0.05) is 20.0 Å². The highest BCUT2D eigenvalue weighted by atomic mass is 35.5. The first-order valence-corrected chi connectivity index (χ1v) is 6.47. The summed E-state index contributed by atoms with van der Waals surface area (Å²) in [4.78, 5) is 15.7. The zero-order valence-electron chi connectivity index (χ0n) is 10.8. The molecule has 4 nitrogen and oxygen atoms in total. The second-order valence-electron chi connectivity index (χ2n) is 4.29. The molecule has 0 spiro atoms. The van der Waals surface area contributed by atoms with Gasteiger partial charge in [-0.1, -0.05) is 0 Å². The van der Waals surface area contributed by atoms with Crippen LogP contribution < -0.4 is 5.32 Å². The minimum absolute atomic E-state index is 0.0774. The molecule has 1 amide bonds. The second kappa shape index (κ2) is 5.57. The van der Waals surface area contributed by atoms with Crippen LogP contribution in [-0.2, 0) is 11.3 Å². The van der Waals surface area contributed by atoms with E-state index in [2.05, 4.69) is 10.3 Å². The Morgan fingerprint density at radius 2 is 2.32 bits per heavy atom. The molecule has 102 valence electrons. The molecule has 1 heterocycles. The number of alkyl halides is 1. The molecule has 0 bridgehead atoms. The second-order valence-corrected chi connectivity index (χ2v) is 4.95. The quantitative estimate of drug-likeness (QED) is 0.877. The summed E-state index contributed by atoms with van der Waals surface area (Å²) in [6, 6.07) is 4.39. The molecular weight excluding hydrogens is 269 g/mol. The molecule has 1 N–H and O–H groups in total. The molecule has 1 aromatic carbocycles. The maximum Gasteiger partial charge on any atom is 0.221 e. The van der Waals surface area contributed by atoms with Crippen LogP contribution in [0.15, 0.2) is 18.2 Å². The maximum atomic E-state index is 13.3. The van der Waals surface area contributed by atoms with Gasteiger partial charge in [0.15, 0.2) is 0 Å². The summed E-state index contributed by atoms with van der Waals surface area (Å²) >= 11 is 6.09. The lowest BCUT2D eigenvalue weighted by atomic mass is 10.3. The highest BCUT2D eigenvalue weighted by Gasteiger charge is 2.16. The fourth-order valence-electron chi connectivity index (χ4n) is 1.99. The van der Waals surface area contributed by atoms with E-state index in [1.165, 1.54) is 12.1 Å². The zero-order valence-corrected chi connectivity index (χ0v) is 11.5. The number of nitrogens with one attached hydrogen (secondary N) is 1. The molecule has 0 radical (unpaired) electrons. The number of amides is 1. The average molecular weight is 284 g/mol. The molecule has 1 atom stereocenters. The van der Waals surface area contributed by atoms with Crippen molar-refractivity contribution < 1.29 is 9.18 Å². The fourth-order valence-corrected chi connectivity index (χ4v) is 2.16. The van der Waals surface area contributed by atoms with Gasteiger partial charge in [-0.25, -0.2) is 9.37 Å². The lowest BCUT2D eigenvalue weighted by molar-refractivity contribution is -0.120. The van der Waals surface area contributed by atoms with Gasteiger partial charge in [0.2, 0.25) is 5.91 Å². The van der Waals surface area contributed by atoms with Crippen molar-refractivity contribution in [2.24, 2.45) is 0 Å². The summed E-state index contributed by atoms with van der Waals surface area (Å²) in [6.45, 7) is 2.22. The number of halogens is 2. The first-order chi connectivity index (χ1) is 9.02. The monoisotopic (exact) mass is 283 g/mol. The topological polar surface area (TPSA) is 46.9 Å². The maximum absolute atomic E-state index is 13.3. The Hall–Kier alpha value is -1.62. The van der Waals surface area contributed by atoms with E-state index in [1.807, 2.05) is 0 Å². The molecule has 19 heavy (non-hydrogen) atoms. The first-order valence-electron chi connectivity index (χ1n) is 6.03. The van der Waals surface area contributed by atoms with E-state index < -0.39 is 0 Å². The fraction of sp³-hybridized carbons (Fsp3) is 0.385. The molecular formula is C13H15ClFN3O. The number of aryl methyl sites for hydroxylation is 1. The van der Waals surface area contributed by atoms with Crippen molar-refractivity contribution >= 4 is 28.5 Å². The van der Waals surface area contributed by atoms with Gasteiger partial charge in [-0.15, -0.1) is 11.6 Å². The number of carbonyl (C=O) groups is 1. The first kappa shape index (κ1) is 13.8. The number of benzene rings is 1. The van der Waals surface area contributed by atoms with E-state index in [4.69, 9.17) is 11.6 Å². The summed E-state index contributed by atoms with van der Waals surface area (Å²) in [5.41, 5.74) is 1.34. The van der Waals surface area contributed by atoms with Gasteiger partial charge < -0.3 is 9.88 Å². The van der Waals surface area contributed by atoms with Crippen LogP contribution >= 0.6 is 11.6 Å². The van der Waals surface area contributed by atoms with E-state index in [1.54, 1.807) is 24.6 Å². The van der Waals surface area contributed by atoms with Crippen LogP contribution in [0.25, 0.3) is 11.0 Å². The van der Waals surface area contributed by atoms with Crippen molar-refractivity contribution in [3.63, 3.8) is 0 Å². The normalized spacial score (nSPS) is 12.6. The largest absolute Gasteiger partial charge is 0.359 e. The lowest BCUT2D eigenvalue weighted by Crippen LogP contribution is -2.20. The van der Waals surface area contributed by atoms with Crippen LogP contribution in [0.2, 0.25) is 0 Å². The lowest BCUT2D eigenvalue weighted by Gasteiger charge is -2.09. The van der Waals surface area contributed by atoms with Crippen LogP contribution in [0.5, 0.6) is 0 Å². The van der Waals surface area contributed by atoms with E-state index >= 15 is 0 Å². The van der Waals surface area contributed by atoms with E-state index in [0.717, 1.165) is 0 Å². The third-order valence-corrected chi connectivity index (χ3v) is 3.13. The molecule has 2 aromatic rings. The van der Waals surface area contributed by atoms with Crippen molar-refractivity contribution in [2.45, 2.75) is 25.3 Å². The number of hydrogen-bond donors (Lipinski definition) is 1. The minimum Gasteiger partial charge on any atom is -0.359 e. The molecule has 0 aliphatic heterocycles. The van der Waals surface area contributed by atoms with Crippen molar-refractivity contribution in [3.8, 4) is 0 Å². The Kier molecular flexibility index (Phi) is 4.04. The van der Waals surface area contributed by atoms with Crippen LogP contribution in [-0.4, -0.2) is 22.5 Å². The molecule has 0 aliphatic rings. The van der Waals surface area contributed by atoms with E-state index in [0.29, 0.717) is 29.8 Å². The highest BCUT2D eigenvalue weighted by molar-refractivity contribution is 6.20. The Morgan fingerprint density at radius 3 is 2.95 bits per heavy atom. The molecule has 0 saturated heterocycles. The number of nitrogens with zero attached hydrogens (tertiary/aromatic N) is 2. The average Bonchev–Trinajstić information content (AvgIpc) is 2.74. The Labute approximate surface area is 115 Å². The summed E-state index contributed by atoms with van der Waals surface area (Å²) in [7, 11) is 1.58. The van der Waals surface area contributed by atoms with Gasteiger partial charge in [0.25, 0.3) is 0 Å². The predicted molar refractivity (Wildman–Crippen MR) is 72.6 cm³/mol. The predicted octanol–water partition coefficient (Wildman–Crippen LogP) is 2.61. The van der Waals surface area contributed by atoms with Crippen LogP contribution in [0.3, 0.4) is 0 Å². The van der Waals surface area contributed by atoms with Gasteiger partial charge in [0.05, 0.1) is 16.4 Å². The van der Waals surface area contributed by atoms with Gasteiger partial charge in [-0.2, -0.15) is 0 Å². The van der Waals surface area contributed by atoms with Crippen molar-refractivity contribution in [1.29, 1.82) is 0 Å². The molecule has 0 aliphatic carbocycles. The SMILES string of the molecule is CNC(=O)CCn1c(C(C)Cl)nc2ccc(F)cc21. The Bertz CT molecular complexity index is 609. The van der Waals surface area contributed by atoms with Crippen LogP contribution in [0.4, 0.5) is 4.39 Å². The standard InChI is InChI=1S/C13H15ClFN3O/c1-8(14)13-17-10-4-3-9(15)7-11(10)18(13)6-5-12(19)16-2/h3-4,7-8H,5-6H2,1-2H3,(H,16,19). The van der Waals surface area contributed by atoms with Crippen LogP contribution in [0.1, 0.15) is 24.5 Å². The number of imidazole rings is 1.